The summed E-state index contributed by atoms with van der Waals surface area (Å²) < 4.78 is 4.91. The van der Waals surface area contributed by atoms with Crippen LogP contribution in [0.1, 0.15) is 18.3 Å². The van der Waals surface area contributed by atoms with Gasteiger partial charge in [-0.3, -0.25) is 4.79 Å². The third-order valence-electron chi connectivity index (χ3n) is 1.41. The van der Waals surface area contributed by atoms with Crippen LogP contribution in [0, 0.1) is 13.8 Å². The van der Waals surface area contributed by atoms with Gasteiger partial charge in [0.2, 0.25) is 0 Å². The average Bonchev–Trinajstić information content (AvgIpc) is 1.97. The Hall–Kier alpha value is -1.45. The molecule has 0 bridgehead atoms. The first kappa shape index (κ1) is 8.64. The minimum atomic E-state index is -0.351. The number of carbonyl (C=O) groups is 1. The van der Waals surface area contributed by atoms with E-state index in [1.165, 1.54) is 13.3 Å². The van der Waals surface area contributed by atoms with Crippen LogP contribution in [0.25, 0.3) is 0 Å². The maximum absolute atomic E-state index is 10.6. The van der Waals surface area contributed by atoms with Gasteiger partial charge in [-0.05, 0) is 13.8 Å². The summed E-state index contributed by atoms with van der Waals surface area (Å²) in [5.41, 5.74) is 1.36. The maximum Gasteiger partial charge on any atom is 0.308 e. The van der Waals surface area contributed by atoms with Crippen molar-refractivity contribution >= 4 is 5.97 Å². The highest BCUT2D eigenvalue weighted by atomic mass is 16.5. The van der Waals surface area contributed by atoms with Crippen LogP contribution >= 0.6 is 0 Å². The Kier molecular flexibility index (Phi) is 2.38. The van der Waals surface area contributed by atoms with Crippen LogP contribution in [0.4, 0.5) is 0 Å². The minimum Gasteiger partial charge on any atom is -0.423 e. The van der Waals surface area contributed by atoms with Gasteiger partial charge in [0.15, 0.2) is 5.75 Å². The van der Waals surface area contributed by atoms with E-state index in [1.54, 1.807) is 13.8 Å². The van der Waals surface area contributed by atoms with E-state index < -0.39 is 0 Å². The lowest BCUT2D eigenvalue weighted by atomic mass is 10.3. The smallest absolute Gasteiger partial charge is 0.308 e. The SMILES string of the molecule is CC(=O)Oc1c(C)ncnc1C. The zero-order valence-corrected chi connectivity index (χ0v) is 7.29. The number of ether oxygens (including phenoxy) is 1. The number of hydrogen-bond acceptors (Lipinski definition) is 4. The molecule has 1 aromatic rings. The highest BCUT2D eigenvalue weighted by Gasteiger charge is 2.07. The van der Waals surface area contributed by atoms with Crippen LogP contribution in [-0.4, -0.2) is 15.9 Å². The van der Waals surface area contributed by atoms with Crippen molar-refractivity contribution in [2.75, 3.05) is 0 Å². The van der Waals surface area contributed by atoms with E-state index in [9.17, 15) is 4.79 Å². The van der Waals surface area contributed by atoms with Crippen molar-refractivity contribution in [2.24, 2.45) is 0 Å². The molecule has 0 saturated heterocycles. The van der Waals surface area contributed by atoms with E-state index in [-0.39, 0.29) is 5.97 Å². The van der Waals surface area contributed by atoms with Crippen LogP contribution < -0.4 is 4.74 Å². The molecule has 1 heterocycles. The Morgan fingerprint density at radius 2 is 1.83 bits per heavy atom. The molecule has 12 heavy (non-hydrogen) atoms. The zero-order chi connectivity index (χ0) is 9.14. The first-order chi connectivity index (χ1) is 5.61. The van der Waals surface area contributed by atoms with Gasteiger partial charge in [-0.15, -0.1) is 0 Å². The van der Waals surface area contributed by atoms with Crippen LogP contribution in [-0.2, 0) is 4.79 Å². The molecule has 1 aromatic heterocycles. The summed E-state index contributed by atoms with van der Waals surface area (Å²) in [6.45, 7) is 4.89. The summed E-state index contributed by atoms with van der Waals surface area (Å²) in [6.07, 6.45) is 1.44. The lowest BCUT2D eigenvalue weighted by Crippen LogP contribution is -2.06. The highest BCUT2D eigenvalue weighted by Crippen LogP contribution is 2.17. The largest absolute Gasteiger partial charge is 0.423 e. The van der Waals surface area contributed by atoms with E-state index in [0.717, 1.165) is 0 Å². The molecular weight excluding hydrogens is 156 g/mol. The lowest BCUT2D eigenvalue weighted by Gasteiger charge is -2.05. The Morgan fingerprint density at radius 3 is 2.25 bits per heavy atom. The summed E-state index contributed by atoms with van der Waals surface area (Å²) in [6, 6.07) is 0. The first-order valence-electron chi connectivity index (χ1n) is 3.58. The Balaban J connectivity index is 3.04. The molecule has 4 heteroatoms. The number of carbonyl (C=O) groups excluding carboxylic acids is 1. The molecule has 0 saturated carbocycles. The molecule has 0 N–H and O–H groups in total. The second kappa shape index (κ2) is 3.30. The third-order valence-corrected chi connectivity index (χ3v) is 1.41. The van der Waals surface area contributed by atoms with E-state index >= 15 is 0 Å². The predicted molar refractivity (Wildman–Crippen MR) is 42.8 cm³/mol. The molecule has 0 aliphatic carbocycles. The number of aryl methyl sites for hydroxylation is 2. The predicted octanol–water partition coefficient (Wildman–Crippen LogP) is 1.02. The van der Waals surface area contributed by atoms with E-state index in [4.69, 9.17) is 4.74 Å². The summed E-state index contributed by atoms with van der Waals surface area (Å²) in [5.74, 6) is 0.112. The van der Waals surface area contributed by atoms with Crippen LogP contribution in [0.2, 0.25) is 0 Å². The van der Waals surface area contributed by atoms with Crippen molar-refractivity contribution in [1.29, 1.82) is 0 Å². The number of nitrogens with zero attached hydrogens (tertiary/aromatic N) is 2. The summed E-state index contributed by atoms with van der Waals surface area (Å²) >= 11 is 0. The standard InChI is InChI=1S/C8H10N2O2/c1-5-8(12-7(3)11)6(2)10-4-9-5/h4H,1-3H3. The molecule has 0 aliphatic rings. The quantitative estimate of drug-likeness (QED) is 0.584. The molecule has 0 radical (unpaired) electrons. The second-order valence-corrected chi connectivity index (χ2v) is 2.47. The average molecular weight is 166 g/mol. The van der Waals surface area contributed by atoms with Gasteiger partial charge >= 0.3 is 5.97 Å². The van der Waals surface area contributed by atoms with Crippen LogP contribution in [0.3, 0.4) is 0 Å². The van der Waals surface area contributed by atoms with Crippen molar-refractivity contribution in [3.63, 3.8) is 0 Å². The van der Waals surface area contributed by atoms with Gasteiger partial charge in [-0.1, -0.05) is 0 Å². The normalized spacial score (nSPS) is 9.58. The lowest BCUT2D eigenvalue weighted by molar-refractivity contribution is -0.132. The molecule has 0 atom stereocenters. The molecule has 4 nitrogen and oxygen atoms in total. The summed E-state index contributed by atoms with van der Waals surface area (Å²) in [7, 11) is 0. The Labute approximate surface area is 70.6 Å². The number of rotatable bonds is 1. The van der Waals surface area contributed by atoms with Gasteiger partial charge in [0.25, 0.3) is 0 Å². The number of esters is 1. The molecule has 1 rings (SSSR count). The minimum absolute atomic E-state index is 0.351. The van der Waals surface area contributed by atoms with Crippen molar-refractivity contribution in [3.8, 4) is 5.75 Å². The van der Waals surface area contributed by atoms with Crippen molar-refractivity contribution in [3.05, 3.63) is 17.7 Å². The van der Waals surface area contributed by atoms with Crippen LogP contribution in [0.15, 0.2) is 6.33 Å². The molecule has 0 amide bonds. The van der Waals surface area contributed by atoms with Gasteiger partial charge in [0.05, 0.1) is 11.4 Å². The fraction of sp³-hybridized carbons (Fsp3) is 0.375. The molecule has 0 spiro atoms. The topological polar surface area (TPSA) is 52.1 Å². The fourth-order valence-corrected chi connectivity index (χ4v) is 0.873. The van der Waals surface area contributed by atoms with Crippen molar-refractivity contribution in [1.82, 2.24) is 9.97 Å². The van der Waals surface area contributed by atoms with Gasteiger partial charge in [-0.2, -0.15) is 0 Å². The van der Waals surface area contributed by atoms with Gasteiger partial charge in [0, 0.05) is 6.92 Å². The molecular formula is C8H10N2O2. The van der Waals surface area contributed by atoms with Crippen molar-refractivity contribution < 1.29 is 9.53 Å². The third kappa shape index (κ3) is 1.78. The second-order valence-electron chi connectivity index (χ2n) is 2.47. The van der Waals surface area contributed by atoms with E-state index in [0.29, 0.717) is 17.1 Å². The summed E-state index contributed by atoms with van der Waals surface area (Å²) in [4.78, 5) is 18.4. The maximum atomic E-state index is 10.6. The molecule has 0 unspecified atom stereocenters. The van der Waals surface area contributed by atoms with Crippen LogP contribution in [0.5, 0.6) is 5.75 Å². The number of hydrogen-bond donors (Lipinski definition) is 0. The molecule has 0 aliphatic heterocycles. The highest BCUT2D eigenvalue weighted by molar-refractivity contribution is 5.69. The van der Waals surface area contributed by atoms with Gasteiger partial charge < -0.3 is 4.74 Å². The molecule has 0 aromatic carbocycles. The Bertz CT molecular complexity index is 290. The molecule has 0 fully saturated rings. The Morgan fingerprint density at radius 1 is 1.33 bits per heavy atom. The summed E-state index contributed by atoms with van der Waals surface area (Å²) in [5, 5.41) is 0. The van der Waals surface area contributed by atoms with Gasteiger partial charge in [0.1, 0.15) is 6.33 Å². The van der Waals surface area contributed by atoms with Crippen molar-refractivity contribution in [2.45, 2.75) is 20.8 Å². The fourth-order valence-electron chi connectivity index (χ4n) is 0.873. The monoisotopic (exact) mass is 166 g/mol. The first-order valence-corrected chi connectivity index (χ1v) is 3.58. The molecule has 64 valence electrons. The number of aromatic nitrogens is 2. The van der Waals surface area contributed by atoms with Gasteiger partial charge in [-0.25, -0.2) is 9.97 Å². The van der Waals surface area contributed by atoms with E-state index in [2.05, 4.69) is 9.97 Å². The van der Waals surface area contributed by atoms with E-state index in [1.807, 2.05) is 0 Å². The zero-order valence-electron chi connectivity index (χ0n) is 7.29.